The van der Waals surface area contributed by atoms with Gasteiger partial charge in [0.1, 0.15) is 0 Å². The van der Waals surface area contributed by atoms with Crippen molar-refractivity contribution in [2.45, 2.75) is 26.3 Å². The average molecular weight is 238 g/mol. The van der Waals surface area contributed by atoms with Crippen LogP contribution in [0.15, 0.2) is 24.3 Å². The second kappa shape index (κ2) is 4.48. The summed E-state index contributed by atoms with van der Waals surface area (Å²) in [6.45, 7) is 5.22. The number of hydrogen-bond donors (Lipinski definition) is 1. The molecule has 1 heterocycles. The van der Waals surface area contributed by atoms with Gasteiger partial charge >= 0.3 is 0 Å². The summed E-state index contributed by atoms with van der Waals surface area (Å²) in [6, 6.07) is 8.03. The van der Waals surface area contributed by atoms with E-state index >= 15 is 0 Å². The Hall–Kier alpha value is -0.990. The molecule has 1 N–H and O–H groups in total. The molecule has 0 spiro atoms. The maximum atomic E-state index is 9.25. The number of halogens is 1. The van der Waals surface area contributed by atoms with E-state index in [2.05, 4.69) is 17.6 Å². The minimum Gasteiger partial charge on any atom is -0.396 e. The lowest BCUT2D eigenvalue weighted by Gasteiger charge is -2.12. The summed E-state index contributed by atoms with van der Waals surface area (Å²) < 4.78 is 2.23. The van der Waals surface area contributed by atoms with Crippen LogP contribution < -0.4 is 0 Å². The van der Waals surface area contributed by atoms with Crippen molar-refractivity contribution < 1.29 is 5.11 Å². The predicted octanol–water partition coefficient (Wildman–Crippen LogP) is 3.41. The van der Waals surface area contributed by atoms with Crippen LogP contribution in [0.5, 0.6) is 0 Å². The molecule has 0 bridgehead atoms. The van der Waals surface area contributed by atoms with Gasteiger partial charge in [-0.2, -0.15) is 0 Å². The molecule has 0 aliphatic rings. The van der Waals surface area contributed by atoms with Crippen molar-refractivity contribution in [3.8, 4) is 0 Å². The fourth-order valence-corrected chi connectivity index (χ4v) is 2.30. The number of aliphatic hydroxyl groups excluding tert-OH is 1. The number of nitrogens with zero attached hydrogens (tertiary/aromatic N) is 1. The highest BCUT2D eigenvalue weighted by Crippen LogP contribution is 2.27. The fraction of sp³-hybridized carbons (Fsp3) is 0.385. The van der Waals surface area contributed by atoms with Gasteiger partial charge in [-0.3, -0.25) is 0 Å². The average Bonchev–Trinajstić information content (AvgIpc) is 2.65. The number of fused-ring (bicyclic) bond motifs is 1. The molecular weight excluding hydrogens is 222 g/mol. The minimum atomic E-state index is 0.158. The van der Waals surface area contributed by atoms with E-state index in [-0.39, 0.29) is 12.5 Å². The molecule has 1 atom stereocenters. The molecule has 2 nitrogen and oxygen atoms in total. The summed E-state index contributed by atoms with van der Waals surface area (Å²) in [7, 11) is 0. The van der Waals surface area contributed by atoms with Gasteiger partial charge in [-0.25, -0.2) is 0 Å². The number of hydrogen-bond acceptors (Lipinski definition) is 1. The Kier molecular flexibility index (Phi) is 3.22. The molecule has 0 amide bonds. The molecule has 1 unspecified atom stereocenters. The van der Waals surface area contributed by atoms with Gasteiger partial charge in [0, 0.05) is 34.1 Å². The van der Waals surface area contributed by atoms with Crippen LogP contribution in [-0.2, 0) is 6.54 Å². The van der Waals surface area contributed by atoms with E-state index in [0.29, 0.717) is 0 Å². The molecule has 86 valence electrons. The smallest absolute Gasteiger partial charge is 0.0511 e. The van der Waals surface area contributed by atoms with E-state index in [9.17, 15) is 5.11 Å². The van der Waals surface area contributed by atoms with E-state index < -0.39 is 0 Å². The Labute approximate surface area is 100 Å². The standard InChI is InChI=1S/C13H16ClNO/c1-3-15-12-5-4-11(14)6-10(12)7-13(15)9(2)8-16/h4-7,9,16H,3,8H2,1-2H3. The molecule has 16 heavy (non-hydrogen) atoms. The van der Waals surface area contributed by atoms with Crippen molar-refractivity contribution in [3.63, 3.8) is 0 Å². The number of aromatic nitrogens is 1. The Bertz CT molecular complexity index is 504. The molecule has 1 aromatic carbocycles. The maximum absolute atomic E-state index is 9.25. The third-order valence-electron chi connectivity index (χ3n) is 2.99. The largest absolute Gasteiger partial charge is 0.396 e. The number of aliphatic hydroxyl groups is 1. The van der Waals surface area contributed by atoms with Gasteiger partial charge < -0.3 is 9.67 Å². The lowest BCUT2D eigenvalue weighted by Crippen LogP contribution is -2.07. The van der Waals surface area contributed by atoms with Crippen LogP contribution in [0.25, 0.3) is 10.9 Å². The topological polar surface area (TPSA) is 25.2 Å². The molecule has 0 saturated heterocycles. The number of rotatable bonds is 3. The molecule has 0 radical (unpaired) electrons. The van der Waals surface area contributed by atoms with Gasteiger partial charge in [-0.1, -0.05) is 18.5 Å². The van der Waals surface area contributed by atoms with Crippen LogP contribution in [-0.4, -0.2) is 16.3 Å². The summed E-state index contributed by atoms with van der Waals surface area (Å²) >= 11 is 5.98. The first kappa shape index (κ1) is 11.5. The molecule has 3 heteroatoms. The first-order chi connectivity index (χ1) is 7.67. The van der Waals surface area contributed by atoms with Crippen molar-refractivity contribution in [1.82, 2.24) is 4.57 Å². The SMILES string of the molecule is CCn1c(C(C)CO)cc2cc(Cl)ccc21. The van der Waals surface area contributed by atoms with Crippen LogP contribution in [0.4, 0.5) is 0 Å². The monoisotopic (exact) mass is 237 g/mol. The van der Waals surface area contributed by atoms with Crippen molar-refractivity contribution >= 4 is 22.5 Å². The second-order valence-corrected chi connectivity index (χ2v) is 4.54. The van der Waals surface area contributed by atoms with Gasteiger partial charge in [-0.05, 0) is 31.2 Å². The summed E-state index contributed by atoms with van der Waals surface area (Å²) in [5.74, 6) is 0.158. The van der Waals surface area contributed by atoms with Gasteiger partial charge in [0.15, 0.2) is 0 Å². The molecule has 0 aliphatic carbocycles. The van der Waals surface area contributed by atoms with Crippen LogP contribution in [0.1, 0.15) is 25.5 Å². The highest BCUT2D eigenvalue weighted by atomic mass is 35.5. The second-order valence-electron chi connectivity index (χ2n) is 4.10. The Balaban J connectivity index is 2.65. The molecule has 2 aromatic rings. The molecular formula is C13H16ClNO. The van der Waals surface area contributed by atoms with E-state index in [1.54, 1.807) is 0 Å². The Morgan fingerprint density at radius 1 is 1.38 bits per heavy atom. The zero-order valence-corrected chi connectivity index (χ0v) is 10.3. The molecule has 0 aliphatic heterocycles. The van der Waals surface area contributed by atoms with Crippen molar-refractivity contribution in [2.24, 2.45) is 0 Å². The Morgan fingerprint density at radius 2 is 2.12 bits per heavy atom. The normalized spacial score (nSPS) is 13.2. The summed E-state index contributed by atoms with van der Waals surface area (Å²) in [5, 5.41) is 11.1. The van der Waals surface area contributed by atoms with Crippen LogP contribution in [0, 0.1) is 0 Å². The molecule has 0 fully saturated rings. The lowest BCUT2D eigenvalue weighted by molar-refractivity contribution is 0.269. The lowest BCUT2D eigenvalue weighted by atomic mass is 10.1. The van der Waals surface area contributed by atoms with E-state index in [0.717, 1.165) is 17.0 Å². The maximum Gasteiger partial charge on any atom is 0.0511 e. The van der Waals surface area contributed by atoms with Crippen molar-refractivity contribution in [1.29, 1.82) is 0 Å². The van der Waals surface area contributed by atoms with Gasteiger partial charge in [-0.15, -0.1) is 0 Å². The van der Waals surface area contributed by atoms with Crippen LogP contribution in [0.2, 0.25) is 5.02 Å². The van der Waals surface area contributed by atoms with Gasteiger partial charge in [0.2, 0.25) is 0 Å². The summed E-state index contributed by atoms with van der Waals surface area (Å²) in [4.78, 5) is 0. The van der Waals surface area contributed by atoms with Crippen molar-refractivity contribution in [2.75, 3.05) is 6.61 Å². The number of aryl methyl sites for hydroxylation is 1. The summed E-state index contributed by atoms with van der Waals surface area (Å²) in [6.07, 6.45) is 0. The molecule has 0 saturated carbocycles. The van der Waals surface area contributed by atoms with E-state index in [1.165, 1.54) is 11.2 Å². The number of benzene rings is 1. The van der Waals surface area contributed by atoms with Gasteiger partial charge in [0.05, 0.1) is 6.61 Å². The molecule has 2 rings (SSSR count). The minimum absolute atomic E-state index is 0.158. The highest BCUT2D eigenvalue weighted by molar-refractivity contribution is 6.31. The Morgan fingerprint density at radius 3 is 2.75 bits per heavy atom. The third kappa shape index (κ3) is 1.83. The predicted molar refractivity (Wildman–Crippen MR) is 68.1 cm³/mol. The zero-order chi connectivity index (χ0) is 11.7. The first-order valence-corrected chi connectivity index (χ1v) is 5.94. The highest BCUT2D eigenvalue weighted by Gasteiger charge is 2.13. The molecule has 1 aromatic heterocycles. The van der Waals surface area contributed by atoms with E-state index in [4.69, 9.17) is 11.6 Å². The van der Waals surface area contributed by atoms with E-state index in [1.807, 2.05) is 25.1 Å². The summed E-state index contributed by atoms with van der Waals surface area (Å²) in [5.41, 5.74) is 2.35. The third-order valence-corrected chi connectivity index (χ3v) is 3.23. The fourth-order valence-electron chi connectivity index (χ4n) is 2.12. The quantitative estimate of drug-likeness (QED) is 0.870. The van der Waals surface area contributed by atoms with Crippen LogP contribution in [0.3, 0.4) is 0 Å². The van der Waals surface area contributed by atoms with Crippen LogP contribution >= 0.6 is 11.6 Å². The zero-order valence-electron chi connectivity index (χ0n) is 9.57. The van der Waals surface area contributed by atoms with Crippen molar-refractivity contribution in [3.05, 3.63) is 35.0 Å². The first-order valence-electron chi connectivity index (χ1n) is 5.57. The van der Waals surface area contributed by atoms with Gasteiger partial charge in [0.25, 0.3) is 0 Å².